The Bertz CT molecular complexity index is 1280. The molecule has 0 unspecified atom stereocenters. The van der Waals surface area contributed by atoms with E-state index in [1.165, 1.54) is 57.8 Å². The van der Waals surface area contributed by atoms with Gasteiger partial charge >= 0.3 is 0 Å². The van der Waals surface area contributed by atoms with E-state index in [9.17, 15) is 9.90 Å². The second kappa shape index (κ2) is 12.5. The minimum Gasteiger partial charge on any atom is -0.493 e. The van der Waals surface area contributed by atoms with Gasteiger partial charge in [-0.15, -0.1) is 0 Å². The molecular formula is C40H54O3. The van der Waals surface area contributed by atoms with Gasteiger partial charge in [0.05, 0.1) is 12.7 Å². The molecule has 0 heterocycles. The first-order valence-corrected chi connectivity index (χ1v) is 17.4. The van der Waals surface area contributed by atoms with E-state index in [0.29, 0.717) is 27.9 Å². The normalized spacial score (nSPS) is 34.7. The maximum absolute atomic E-state index is 12.7. The zero-order valence-corrected chi connectivity index (χ0v) is 27.1. The van der Waals surface area contributed by atoms with Crippen molar-refractivity contribution in [2.45, 2.75) is 104 Å². The van der Waals surface area contributed by atoms with Gasteiger partial charge in [0.2, 0.25) is 0 Å². The Morgan fingerprint density at radius 1 is 0.907 bits per heavy atom. The van der Waals surface area contributed by atoms with Crippen molar-refractivity contribution in [3.05, 3.63) is 77.4 Å². The van der Waals surface area contributed by atoms with Gasteiger partial charge in [-0.25, -0.2) is 0 Å². The summed E-state index contributed by atoms with van der Waals surface area (Å²) in [5, 5.41) is 10.3. The van der Waals surface area contributed by atoms with Crippen LogP contribution in [0.15, 0.2) is 66.2 Å². The quantitative estimate of drug-likeness (QED) is 0.224. The number of benzene rings is 2. The van der Waals surface area contributed by atoms with Crippen LogP contribution in [-0.4, -0.2) is 23.6 Å². The standard InChI is InChI=1S/C40H54O3/c1-27(26-43-33-16-13-30(14-17-33)38(42)29-11-6-5-7-12-29)9-8-10-28(2)35-19-20-36-34-18-15-31-25-32(41)21-23-39(31,3)37(34)22-24-40(35,36)4/h5-7,11-17,27-28,32,34-37,41H,8-10,18-26H2,1-4H3/t27-,28-,32+,34+,35-,36+,37+,39+,40-/m1/s1. The maximum Gasteiger partial charge on any atom is 0.193 e. The molecule has 2 aromatic rings. The highest BCUT2D eigenvalue weighted by atomic mass is 16.5. The lowest BCUT2D eigenvalue weighted by molar-refractivity contribution is -0.0573. The molecule has 4 aliphatic rings. The van der Waals surface area contributed by atoms with Gasteiger partial charge in [-0.3, -0.25) is 4.79 Å². The van der Waals surface area contributed by atoms with Gasteiger partial charge in [0.1, 0.15) is 5.75 Å². The molecule has 0 radical (unpaired) electrons. The first-order chi connectivity index (χ1) is 20.7. The molecule has 3 nitrogen and oxygen atoms in total. The largest absolute Gasteiger partial charge is 0.493 e. The number of ketones is 1. The molecule has 0 aliphatic heterocycles. The van der Waals surface area contributed by atoms with Gasteiger partial charge in [0, 0.05) is 11.1 Å². The zero-order chi connectivity index (χ0) is 30.2. The SMILES string of the molecule is C[C@H](CCC[C@@H](C)[C@H]1CC[C@H]2[C@@H]3CC=C4C[C@@H](O)CC[C@]4(C)[C@H]3CC[C@]12C)COc1ccc(C(=O)c2ccccc2)cc1. The Balaban J connectivity index is 0.968. The van der Waals surface area contributed by atoms with Crippen molar-refractivity contribution >= 4 is 5.78 Å². The van der Waals surface area contributed by atoms with Crippen molar-refractivity contribution in [3.8, 4) is 5.75 Å². The van der Waals surface area contributed by atoms with E-state index in [0.717, 1.165) is 54.8 Å². The van der Waals surface area contributed by atoms with Crippen LogP contribution in [0.1, 0.15) is 114 Å². The molecule has 0 aromatic heterocycles. The zero-order valence-electron chi connectivity index (χ0n) is 27.1. The molecule has 2 aromatic carbocycles. The molecule has 3 saturated carbocycles. The summed E-state index contributed by atoms with van der Waals surface area (Å²) in [4.78, 5) is 12.7. The summed E-state index contributed by atoms with van der Waals surface area (Å²) in [6.07, 6.45) is 16.2. The van der Waals surface area contributed by atoms with Crippen LogP contribution in [0.2, 0.25) is 0 Å². The second-order valence-corrected chi connectivity index (χ2v) is 15.4. The summed E-state index contributed by atoms with van der Waals surface area (Å²) in [6.45, 7) is 10.8. The average Bonchev–Trinajstić information content (AvgIpc) is 3.38. The van der Waals surface area contributed by atoms with Gasteiger partial charge < -0.3 is 9.84 Å². The monoisotopic (exact) mass is 582 g/mol. The molecule has 1 N–H and O–H groups in total. The Morgan fingerprint density at radius 3 is 2.42 bits per heavy atom. The molecule has 4 aliphatic carbocycles. The first-order valence-electron chi connectivity index (χ1n) is 17.4. The number of aliphatic hydroxyl groups is 1. The van der Waals surface area contributed by atoms with E-state index in [2.05, 4.69) is 33.8 Å². The Labute approximate surface area is 260 Å². The van der Waals surface area contributed by atoms with E-state index in [1.54, 1.807) is 5.57 Å². The molecule has 3 heteroatoms. The summed E-state index contributed by atoms with van der Waals surface area (Å²) in [5.41, 5.74) is 3.84. The number of carbonyl (C=O) groups excluding carboxylic acids is 1. The number of hydrogen-bond acceptors (Lipinski definition) is 3. The van der Waals surface area contributed by atoms with Crippen molar-refractivity contribution in [2.24, 2.45) is 46.3 Å². The predicted molar refractivity (Wildman–Crippen MR) is 175 cm³/mol. The third-order valence-corrected chi connectivity index (χ3v) is 12.9. The van der Waals surface area contributed by atoms with Crippen molar-refractivity contribution < 1.29 is 14.6 Å². The van der Waals surface area contributed by atoms with Crippen LogP contribution in [0.25, 0.3) is 0 Å². The van der Waals surface area contributed by atoms with E-state index in [1.807, 2.05) is 54.6 Å². The lowest BCUT2D eigenvalue weighted by Crippen LogP contribution is -2.50. The van der Waals surface area contributed by atoms with Crippen molar-refractivity contribution in [3.63, 3.8) is 0 Å². The lowest BCUT2D eigenvalue weighted by atomic mass is 9.47. The van der Waals surface area contributed by atoms with Crippen LogP contribution >= 0.6 is 0 Å². The summed E-state index contributed by atoms with van der Waals surface area (Å²) < 4.78 is 6.12. The minimum absolute atomic E-state index is 0.0501. The van der Waals surface area contributed by atoms with E-state index < -0.39 is 0 Å². The smallest absolute Gasteiger partial charge is 0.193 e. The van der Waals surface area contributed by atoms with Gasteiger partial charge in [-0.05, 0) is 128 Å². The van der Waals surface area contributed by atoms with Crippen LogP contribution in [0.4, 0.5) is 0 Å². The highest BCUT2D eigenvalue weighted by Crippen LogP contribution is 2.67. The van der Waals surface area contributed by atoms with E-state index in [4.69, 9.17) is 4.74 Å². The summed E-state index contributed by atoms with van der Waals surface area (Å²) >= 11 is 0. The van der Waals surface area contributed by atoms with Gasteiger partial charge in [0.15, 0.2) is 5.78 Å². The molecule has 43 heavy (non-hydrogen) atoms. The number of hydrogen-bond donors (Lipinski definition) is 1. The van der Waals surface area contributed by atoms with Crippen LogP contribution in [0.5, 0.6) is 5.75 Å². The third-order valence-electron chi connectivity index (χ3n) is 12.9. The Hall–Kier alpha value is -2.39. The van der Waals surface area contributed by atoms with Gasteiger partial charge in [-0.1, -0.05) is 82.5 Å². The van der Waals surface area contributed by atoms with Crippen LogP contribution in [0.3, 0.4) is 0 Å². The highest BCUT2D eigenvalue weighted by molar-refractivity contribution is 6.08. The number of allylic oxidation sites excluding steroid dienone is 1. The fourth-order valence-corrected chi connectivity index (χ4v) is 10.4. The molecule has 0 bridgehead atoms. The number of rotatable bonds is 10. The average molecular weight is 583 g/mol. The molecule has 3 fully saturated rings. The number of carbonyl (C=O) groups is 1. The molecule has 0 amide bonds. The molecule has 9 atom stereocenters. The number of fused-ring (bicyclic) bond motifs is 5. The summed E-state index contributed by atoms with van der Waals surface area (Å²) in [5.74, 6) is 5.59. The van der Waals surface area contributed by atoms with Crippen LogP contribution < -0.4 is 4.74 Å². The van der Waals surface area contributed by atoms with Crippen molar-refractivity contribution in [1.82, 2.24) is 0 Å². The van der Waals surface area contributed by atoms with Crippen molar-refractivity contribution in [1.29, 1.82) is 0 Å². The van der Waals surface area contributed by atoms with Crippen LogP contribution in [0, 0.1) is 46.3 Å². The second-order valence-electron chi connectivity index (χ2n) is 15.4. The van der Waals surface area contributed by atoms with Gasteiger partial charge in [-0.2, -0.15) is 0 Å². The number of aliphatic hydroxyl groups excluding tert-OH is 1. The number of ether oxygens (including phenoxy) is 1. The minimum atomic E-state index is -0.112. The lowest BCUT2D eigenvalue weighted by Gasteiger charge is -2.58. The summed E-state index contributed by atoms with van der Waals surface area (Å²) in [6, 6.07) is 17.1. The van der Waals surface area contributed by atoms with Crippen molar-refractivity contribution in [2.75, 3.05) is 6.61 Å². The Morgan fingerprint density at radius 2 is 1.65 bits per heavy atom. The van der Waals surface area contributed by atoms with E-state index >= 15 is 0 Å². The fourth-order valence-electron chi connectivity index (χ4n) is 10.4. The Kier molecular flexibility index (Phi) is 8.93. The third kappa shape index (κ3) is 6.00. The maximum atomic E-state index is 12.7. The molecule has 6 rings (SSSR count). The fraction of sp³-hybridized carbons (Fsp3) is 0.625. The summed E-state index contributed by atoms with van der Waals surface area (Å²) in [7, 11) is 0. The first kappa shape index (κ1) is 30.6. The molecule has 232 valence electrons. The highest BCUT2D eigenvalue weighted by Gasteiger charge is 2.59. The van der Waals surface area contributed by atoms with Crippen LogP contribution in [-0.2, 0) is 0 Å². The van der Waals surface area contributed by atoms with Gasteiger partial charge in [0.25, 0.3) is 0 Å². The molecular weight excluding hydrogens is 528 g/mol. The predicted octanol–water partition coefficient (Wildman–Crippen LogP) is 9.68. The molecule has 0 spiro atoms. The topological polar surface area (TPSA) is 46.5 Å². The molecule has 0 saturated heterocycles. The van der Waals surface area contributed by atoms with E-state index in [-0.39, 0.29) is 11.9 Å².